The van der Waals surface area contributed by atoms with Gasteiger partial charge in [-0.1, -0.05) is 12.1 Å². The van der Waals surface area contributed by atoms with Crippen LogP contribution in [0.1, 0.15) is 15.9 Å². The maximum absolute atomic E-state index is 12.8. The van der Waals surface area contributed by atoms with Crippen LogP contribution in [0.25, 0.3) is 0 Å². The maximum Gasteiger partial charge on any atom is 0.328 e. The highest BCUT2D eigenvalue weighted by atomic mass is 16.7. The molecule has 2 heterocycles. The van der Waals surface area contributed by atoms with Gasteiger partial charge in [0.1, 0.15) is 11.3 Å². The quantitative estimate of drug-likeness (QED) is 0.678. The predicted octanol–water partition coefficient (Wildman–Crippen LogP) is 1.57. The first kappa shape index (κ1) is 18.4. The molecule has 0 saturated heterocycles. The van der Waals surface area contributed by atoms with Crippen LogP contribution in [0.15, 0.2) is 58.3 Å². The fraction of sp³-hybridized carbons (Fsp3) is 0.150. The van der Waals surface area contributed by atoms with Crippen LogP contribution in [0.4, 0.5) is 5.69 Å². The van der Waals surface area contributed by atoms with Crippen LogP contribution < -0.4 is 30.8 Å². The lowest BCUT2D eigenvalue weighted by molar-refractivity contribution is 0.102. The van der Waals surface area contributed by atoms with E-state index in [9.17, 15) is 14.4 Å². The van der Waals surface area contributed by atoms with Crippen LogP contribution in [-0.4, -0.2) is 29.4 Å². The van der Waals surface area contributed by atoms with Crippen molar-refractivity contribution in [2.45, 2.75) is 6.54 Å². The lowest BCUT2D eigenvalue weighted by Crippen LogP contribution is -2.39. The molecule has 1 aliphatic rings. The third-order valence-corrected chi connectivity index (χ3v) is 4.41. The summed E-state index contributed by atoms with van der Waals surface area (Å²) >= 11 is 0. The summed E-state index contributed by atoms with van der Waals surface area (Å²) in [6.45, 7) is 0.102. The third-order valence-electron chi connectivity index (χ3n) is 4.41. The normalized spacial score (nSPS) is 11.9. The van der Waals surface area contributed by atoms with Crippen molar-refractivity contribution >= 4 is 11.6 Å². The number of anilines is 1. The number of H-pyrrole nitrogens is 1. The predicted molar refractivity (Wildman–Crippen MR) is 104 cm³/mol. The van der Waals surface area contributed by atoms with Gasteiger partial charge in [-0.25, -0.2) is 4.79 Å². The zero-order valence-corrected chi connectivity index (χ0v) is 15.4. The van der Waals surface area contributed by atoms with E-state index in [0.717, 1.165) is 10.8 Å². The largest absolute Gasteiger partial charge is 0.497 e. The second-order valence-corrected chi connectivity index (χ2v) is 6.27. The van der Waals surface area contributed by atoms with Crippen LogP contribution in [-0.2, 0) is 6.54 Å². The Hall–Kier alpha value is -4.01. The smallest absolute Gasteiger partial charge is 0.328 e. The average molecular weight is 395 g/mol. The van der Waals surface area contributed by atoms with Gasteiger partial charge < -0.3 is 24.5 Å². The monoisotopic (exact) mass is 395 g/mol. The minimum Gasteiger partial charge on any atom is -0.497 e. The van der Waals surface area contributed by atoms with E-state index in [1.54, 1.807) is 42.5 Å². The molecule has 0 aliphatic carbocycles. The molecule has 9 nitrogen and oxygen atoms in total. The van der Waals surface area contributed by atoms with Gasteiger partial charge >= 0.3 is 5.69 Å². The average Bonchev–Trinajstić information content (AvgIpc) is 3.19. The summed E-state index contributed by atoms with van der Waals surface area (Å²) in [7, 11) is 1.51. The number of amides is 1. The molecule has 1 amide bonds. The number of nitrogens with zero attached hydrogens (tertiary/aromatic N) is 1. The van der Waals surface area contributed by atoms with Gasteiger partial charge in [-0.2, -0.15) is 0 Å². The minimum atomic E-state index is -0.702. The van der Waals surface area contributed by atoms with Gasteiger partial charge in [0.2, 0.25) is 6.79 Å². The first-order valence-electron chi connectivity index (χ1n) is 8.71. The molecule has 148 valence electrons. The highest BCUT2D eigenvalue weighted by Crippen LogP contribution is 2.32. The second kappa shape index (κ2) is 7.55. The fourth-order valence-corrected chi connectivity index (χ4v) is 2.94. The van der Waals surface area contributed by atoms with Crippen molar-refractivity contribution in [2.75, 3.05) is 19.2 Å². The molecule has 1 aliphatic heterocycles. The highest BCUT2D eigenvalue weighted by molar-refractivity contribution is 6.03. The molecule has 9 heteroatoms. The van der Waals surface area contributed by atoms with Crippen molar-refractivity contribution in [1.82, 2.24) is 9.55 Å². The second-order valence-electron chi connectivity index (χ2n) is 6.27. The standard InChI is InChI=1S/C20H17N3O6/c1-27-14-4-2-3-13(8-14)22-18(24)15-9-21-20(26)23(19(15)25)10-12-5-6-16-17(7-12)29-11-28-16/h2-9H,10-11H2,1H3,(H,21,26)(H,22,24). The van der Waals surface area contributed by atoms with Gasteiger partial charge in [0, 0.05) is 18.0 Å². The van der Waals surface area contributed by atoms with E-state index in [2.05, 4.69) is 10.3 Å². The van der Waals surface area contributed by atoms with E-state index < -0.39 is 17.2 Å². The number of carbonyl (C=O) groups excluding carboxylic acids is 1. The number of ether oxygens (including phenoxy) is 3. The number of fused-ring (bicyclic) bond motifs is 1. The Bertz CT molecular complexity index is 1200. The van der Waals surface area contributed by atoms with Crippen molar-refractivity contribution in [3.8, 4) is 17.2 Å². The number of aromatic amines is 1. The molecule has 29 heavy (non-hydrogen) atoms. The Morgan fingerprint density at radius 2 is 2.00 bits per heavy atom. The van der Waals surface area contributed by atoms with Crippen LogP contribution in [0, 0.1) is 0 Å². The summed E-state index contributed by atoms with van der Waals surface area (Å²) in [5, 5.41) is 2.63. The van der Waals surface area contributed by atoms with Gasteiger partial charge in [-0.3, -0.25) is 14.2 Å². The summed E-state index contributed by atoms with van der Waals surface area (Å²) in [5.74, 6) is 1.06. The number of aromatic nitrogens is 2. The Balaban J connectivity index is 1.61. The summed E-state index contributed by atoms with van der Waals surface area (Å²) in [5.41, 5.74) is -0.389. The minimum absolute atomic E-state index is 0.0227. The number of nitrogens with one attached hydrogen (secondary N) is 2. The lowest BCUT2D eigenvalue weighted by atomic mass is 10.2. The van der Waals surface area contributed by atoms with Gasteiger partial charge in [-0.15, -0.1) is 0 Å². The molecule has 0 bridgehead atoms. The van der Waals surface area contributed by atoms with Crippen LogP contribution in [0.2, 0.25) is 0 Å². The highest BCUT2D eigenvalue weighted by Gasteiger charge is 2.17. The Morgan fingerprint density at radius 1 is 1.17 bits per heavy atom. The van der Waals surface area contributed by atoms with Crippen molar-refractivity contribution in [2.24, 2.45) is 0 Å². The molecular formula is C20H17N3O6. The Morgan fingerprint density at radius 3 is 2.83 bits per heavy atom. The van der Waals surface area contributed by atoms with Crippen molar-refractivity contribution in [3.05, 3.63) is 80.6 Å². The molecule has 0 radical (unpaired) electrons. The Labute approximate surface area is 164 Å². The summed E-state index contributed by atoms with van der Waals surface area (Å²) < 4.78 is 16.6. The number of hydrogen-bond acceptors (Lipinski definition) is 6. The number of hydrogen-bond donors (Lipinski definition) is 2. The van der Waals surface area contributed by atoms with Crippen molar-refractivity contribution in [3.63, 3.8) is 0 Å². The number of benzene rings is 2. The summed E-state index contributed by atoms with van der Waals surface area (Å²) in [4.78, 5) is 40.0. The maximum atomic E-state index is 12.8. The molecular weight excluding hydrogens is 378 g/mol. The Kier molecular flexibility index (Phi) is 4.78. The summed E-state index contributed by atoms with van der Waals surface area (Å²) in [6, 6.07) is 11.8. The van der Waals surface area contributed by atoms with Crippen molar-refractivity contribution in [1.29, 1.82) is 0 Å². The van der Waals surface area contributed by atoms with Crippen molar-refractivity contribution < 1.29 is 19.0 Å². The molecule has 4 rings (SSSR count). The number of rotatable bonds is 5. The zero-order chi connectivity index (χ0) is 20.4. The molecule has 2 aromatic carbocycles. The van der Waals surface area contributed by atoms with E-state index in [1.807, 2.05) is 0 Å². The van der Waals surface area contributed by atoms with Gasteiger partial charge in [-0.05, 0) is 29.8 Å². The van der Waals surface area contributed by atoms with Gasteiger partial charge in [0.25, 0.3) is 11.5 Å². The molecule has 0 fully saturated rings. The number of methoxy groups -OCH3 is 1. The lowest BCUT2D eigenvalue weighted by Gasteiger charge is -2.09. The van der Waals surface area contributed by atoms with E-state index in [0.29, 0.717) is 28.5 Å². The fourth-order valence-electron chi connectivity index (χ4n) is 2.94. The van der Waals surface area contributed by atoms with E-state index >= 15 is 0 Å². The first-order chi connectivity index (χ1) is 14.0. The van der Waals surface area contributed by atoms with E-state index in [1.165, 1.54) is 7.11 Å². The molecule has 3 aromatic rings. The summed E-state index contributed by atoms with van der Waals surface area (Å²) in [6.07, 6.45) is 1.11. The SMILES string of the molecule is COc1cccc(NC(=O)c2c[nH]c(=O)n(Cc3ccc4c(c3)OCO4)c2=O)c1. The topological polar surface area (TPSA) is 112 Å². The molecule has 1 aromatic heterocycles. The number of carbonyl (C=O) groups is 1. The van der Waals surface area contributed by atoms with Crippen LogP contribution in [0.3, 0.4) is 0 Å². The van der Waals surface area contributed by atoms with Gasteiger partial charge in [0.15, 0.2) is 11.5 Å². The first-order valence-corrected chi connectivity index (χ1v) is 8.71. The van der Waals surface area contributed by atoms with E-state index in [4.69, 9.17) is 14.2 Å². The zero-order valence-electron chi connectivity index (χ0n) is 15.4. The molecule has 2 N–H and O–H groups in total. The van der Waals surface area contributed by atoms with E-state index in [-0.39, 0.29) is 18.9 Å². The molecule has 0 saturated carbocycles. The van der Waals surface area contributed by atoms with Crippen LogP contribution in [0.5, 0.6) is 17.2 Å². The third kappa shape index (κ3) is 3.70. The van der Waals surface area contributed by atoms with Crippen LogP contribution >= 0.6 is 0 Å². The molecule has 0 unspecified atom stereocenters. The molecule has 0 spiro atoms. The molecule has 0 atom stereocenters. The van der Waals surface area contributed by atoms with Gasteiger partial charge in [0.05, 0.1) is 13.7 Å².